The van der Waals surface area contributed by atoms with Crippen molar-refractivity contribution in [1.29, 1.82) is 0 Å². The van der Waals surface area contributed by atoms with Gasteiger partial charge in [-0.3, -0.25) is 0 Å². The summed E-state index contributed by atoms with van der Waals surface area (Å²) < 4.78 is 2.17. The number of hydrogen-bond donors (Lipinski definition) is 1. The summed E-state index contributed by atoms with van der Waals surface area (Å²) in [4.78, 5) is 5.43. The summed E-state index contributed by atoms with van der Waals surface area (Å²) in [5, 5.41) is 0. The highest BCUT2D eigenvalue weighted by Gasteiger charge is 2.02. The number of benzene rings is 1. The van der Waals surface area contributed by atoms with Gasteiger partial charge in [0.15, 0.2) is 0 Å². The Balaban J connectivity index is 2.02. The fourth-order valence-corrected chi connectivity index (χ4v) is 2.64. The van der Waals surface area contributed by atoms with E-state index in [4.69, 9.17) is 5.73 Å². The van der Waals surface area contributed by atoms with Crippen LogP contribution in [0, 0.1) is 0 Å². The second-order valence-corrected chi connectivity index (χ2v) is 4.86. The van der Waals surface area contributed by atoms with Crippen LogP contribution < -0.4 is 5.73 Å². The molecule has 0 aliphatic carbocycles. The summed E-state index contributed by atoms with van der Waals surface area (Å²) >= 11 is 1.82. The molecule has 90 valence electrons. The standard InChI is InChI=1S/C13H17N3S/c1-2-16-10-15-8-12(16)9-17-13-5-3-4-11(6-13)7-14/h3-6,8,10H,2,7,9,14H2,1H3. The molecule has 0 saturated carbocycles. The molecule has 1 heterocycles. The lowest BCUT2D eigenvalue weighted by atomic mass is 10.2. The van der Waals surface area contributed by atoms with Crippen LogP contribution >= 0.6 is 11.8 Å². The minimum atomic E-state index is 0.599. The Morgan fingerprint density at radius 3 is 3.06 bits per heavy atom. The molecule has 4 heteroatoms. The summed E-state index contributed by atoms with van der Waals surface area (Å²) in [7, 11) is 0. The lowest BCUT2D eigenvalue weighted by Gasteiger charge is -2.06. The van der Waals surface area contributed by atoms with Crippen LogP contribution in [0.5, 0.6) is 0 Å². The number of hydrogen-bond acceptors (Lipinski definition) is 3. The maximum Gasteiger partial charge on any atom is 0.0948 e. The van der Waals surface area contributed by atoms with E-state index in [1.807, 2.05) is 24.3 Å². The van der Waals surface area contributed by atoms with Crippen molar-refractivity contribution in [2.45, 2.75) is 30.7 Å². The highest BCUT2D eigenvalue weighted by molar-refractivity contribution is 7.98. The first-order valence-electron chi connectivity index (χ1n) is 5.74. The second kappa shape index (κ2) is 5.89. The number of rotatable bonds is 5. The van der Waals surface area contributed by atoms with Crippen LogP contribution in [-0.4, -0.2) is 9.55 Å². The number of aryl methyl sites for hydroxylation is 1. The SMILES string of the molecule is CCn1cncc1CSc1cccc(CN)c1. The van der Waals surface area contributed by atoms with E-state index in [2.05, 4.69) is 40.7 Å². The molecule has 17 heavy (non-hydrogen) atoms. The fraction of sp³-hybridized carbons (Fsp3) is 0.308. The molecule has 0 atom stereocenters. The van der Waals surface area contributed by atoms with Crippen molar-refractivity contribution in [1.82, 2.24) is 9.55 Å². The Bertz CT molecular complexity index is 479. The van der Waals surface area contributed by atoms with Gasteiger partial charge in [0, 0.05) is 35.6 Å². The zero-order valence-corrected chi connectivity index (χ0v) is 10.8. The summed E-state index contributed by atoms with van der Waals surface area (Å²) in [6, 6.07) is 8.38. The lowest BCUT2D eigenvalue weighted by Crippen LogP contribution is -1.97. The summed E-state index contributed by atoms with van der Waals surface area (Å²) in [5.41, 5.74) is 8.07. The molecule has 0 spiro atoms. The highest BCUT2D eigenvalue weighted by atomic mass is 32.2. The molecule has 0 fully saturated rings. The van der Waals surface area contributed by atoms with Gasteiger partial charge in [-0.25, -0.2) is 4.98 Å². The van der Waals surface area contributed by atoms with Gasteiger partial charge in [0.05, 0.1) is 6.33 Å². The van der Waals surface area contributed by atoms with Gasteiger partial charge in [-0.05, 0) is 24.6 Å². The van der Waals surface area contributed by atoms with E-state index in [1.165, 1.54) is 16.2 Å². The van der Waals surface area contributed by atoms with Gasteiger partial charge in [0.1, 0.15) is 0 Å². The molecule has 0 aliphatic rings. The van der Waals surface area contributed by atoms with Crippen LogP contribution in [0.4, 0.5) is 0 Å². The summed E-state index contributed by atoms with van der Waals surface area (Å²) in [6.07, 6.45) is 3.81. The topological polar surface area (TPSA) is 43.8 Å². The summed E-state index contributed by atoms with van der Waals surface area (Å²) in [6.45, 7) is 3.70. The number of aromatic nitrogens is 2. The van der Waals surface area contributed by atoms with Crippen LogP contribution in [0.15, 0.2) is 41.7 Å². The number of nitrogens with two attached hydrogens (primary N) is 1. The molecule has 0 amide bonds. The monoisotopic (exact) mass is 247 g/mol. The third kappa shape index (κ3) is 3.11. The van der Waals surface area contributed by atoms with Gasteiger partial charge in [-0.1, -0.05) is 12.1 Å². The molecule has 0 saturated heterocycles. The van der Waals surface area contributed by atoms with Crippen molar-refractivity contribution >= 4 is 11.8 Å². The van der Waals surface area contributed by atoms with Gasteiger partial charge in [0.2, 0.25) is 0 Å². The fourth-order valence-electron chi connectivity index (χ4n) is 1.67. The average molecular weight is 247 g/mol. The van der Waals surface area contributed by atoms with Gasteiger partial charge in [0.25, 0.3) is 0 Å². The molecule has 2 N–H and O–H groups in total. The minimum Gasteiger partial charge on any atom is -0.334 e. The van der Waals surface area contributed by atoms with Crippen LogP contribution in [0.1, 0.15) is 18.2 Å². The molecule has 0 bridgehead atoms. The van der Waals surface area contributed by atoms with E-state index in [0.29, 0.717) is 6.54 Å². The smallest absolute Gasteiger partial charge is 0.0948 e. The Morgan fingerprint density at radius 2 is 2.29 bits per heavy atom. The second-order valence-electron chi connectivity index (χ2n) is 3.81. The molecule has 0 unspecified atom stereocenters. The van der Waals surface area contributed by atoms with Gasteiger partial charge < -0.3 is 10.3 Å². The van der Waals surface area contributed by atoms with E-state index in [1.54, 1.807) is 0 Å². The Morgan fingerprint density at radius 1 is 1.41 bits per heavy atom. The third-order valence-electron chi connectivity index (χ3n) is 2.66. The van der Waals surface area contributed by atoms with Crippen molar-refractivity contribution in [2.75, 3.05) is 0 Å². The Hall–Kier alpha value is -1.26. The van der Waals surface area contributed by atoms with Crippen molar-refractivity contribution in [3.63, 3.8) is 0 Å². The van der Waals surface area contributed by atoms with Crippen molar-refractivity contribution in [3.8, 4) is 0 Å². The largest absolute Gasteiger partial charge is 0.334 e. The predicted octanol–water partition coefficient (Wildman–Crippen LogP) is 2.65. The normalized spacial score (nSPS) is 10.7. The van der Waals surface area contributed by atoms with Crippen LogP contribution in [0.25, 0.3) is 0 Å². The van der Waals surface area contributed by atoms with E-state index in [9.17, 15) is 0 Å². The Kier molecular flexibility index (Phi) is 4.23. The predicted molar refractivity (Wildman–Crippen MR) is 71.8 cm³/mol. The molecular weight excluding hydrogens is 230 g/mol. The summed E-state index contributed by atoms with van der Waals surface area (Å²) in [5.74, 6) is 0.946. The molecule has 2 rings (SSSR count). The van der Waals surface area contributed by atoms with Gasteiger partial charge in [-0.15, -0.1) is 11.8 Å². The maximum absolute atomic E-state index is 5.63. The quantitative estimate of drug-likeness (QED) is 0.826. The first kappa shape index (κ1) is 12.2. The number of imidazole rings is 1. The van der Waals surface area contributed by atoms with Crippen molar-refractivity contribution in [3.05, 3.63) is 48.0 Å². The molecule has 1 aromatic heterocycles. The maximum atomic E-state index is 5.63. The molecule has 3 nitrogen and oxygen atoms in total. The van der Waals surface area contributed by atoms with E-state index in [0.717, 1.165) is 12.3 Å². The van der Waals surface area contributed by atoms with Gasteiger partial charge in [-0.2, -0.15) is 0 Å². The van der Waals surface area contributed by atoms with E-state index < -0.39 is 0 Å². The van der Waals surface area contributed by atoms with Crippen molar-refractivity contribution in [2.24, 2.45) is 5.73 Å². The van der Waals surface area contributed by atoms with Crippen LogP contribution in [0.3, 0.4) is 0 Å². The first-order valence-corrected chi connectivity index (χ1v) is 6.73. The molecular formula is C13H17N3S. The Labute approximate surface area is 106 Å². The van der Waals surface area contributed by atoms with Crippen molar-refractivity contribution < 1.29 is 0 Å². The van der Waals surface area contributed by atoms with E-state index >= 15 is 0 Å². The van der Waals surface area contributed by atoms with E-state index in [-0.39, 0.29) is 0 Å². The van der Waals surface area contributed by atoms with Crippen LogP contribution in [-0.2, 0) is 18.8 Å². The van der Waals surface area contributed by atoms with Gasteiger partial charge >= 0.3 is 0 Å². The molecule has 1 aromatic carbocycles. The molecule has 2 aromatic rings. The third-order valence-corrected chi connectivity index (χ3v) is 3.69. The zero-order valence-electron chi connectivity index (χ0n) is 9.97. The zero-order chi connectivity index (χ0) is 12.1. The molecule has 0 aliphatic heterocycles. The number of nitrogens with zero attached hydrogens (tertiary/aromatic N) is 2. The highest BCUT2D eigenvalue weighted by Crippen LogP contribution is 2.23. The first-order chi connectivity index (χ1) is 8.33. The average Bonchev–Trinajstić information content (AvgIpc) is 2.84. The molecule has 0 radical (unpaired) electrons. The number of thioether (sulfide) groups is 1. The lowest BCUT2D eigenvalue weighted by molar-refractivity contribution is 0.734. The van der Waals surface area contributed by atoms with Crippen LogP contribution in [0.2, 0.25) is 0 Å². The minimum absolute atomic E-state index is 0.599.